The fraction of sp³-hybridized carbons (Fsp3) is 0.400. The van der Waals surface area contributed by atoms with Crippen molar-refractivity contribution in [2.45, 2.75) is 37.8 Å². The zero-order valence-corrected chi connectivity index (χ0v) is 19.1. The highest BCUT2D eigenvalue weighted by molar-refractivity contribution is 5.85. The van der Waals surface area contributed by atoms with Gasteiger partial charge in [-0.2, -0.15) is 9.97 Å². The van der Waals surface area contributed by atoms with Crippen LogP contribution in [0.2, 0.25) is 0 Å². The van der Waals surface area contributed by atoms with Crippen molar-refractivity contribution in [3.05, 3.63) is 66.5 Å². The first-order valence-corrected chi connectivity index (χ1v) is 12.1. The van der Waals surface area contributed by atoms with E-state index in [9.17, 15) is 0 Å². The Hall–Kier alpha value is -3.59. The largest absolute Gasteiger partial charge is 0.357 e. The van der Waals surface area contributed by atoms with Gasteiger partial charge >= 0.3 is 0 Å². The van der Waals surface area contributed by atoms with Crippen molar-refractivity contribution >= 4 is 22.9 Å². The van der Waals surface area contributed by atoms with Crippen LogP contribution in [0.4, 0.5) is 11.8 Å². The molecule has 1 saturated carbocycles. The number of fused-ring (bicyclic) bond motifs is 1. The van der Waals surface area contributed by atoms with E-state index in [4.69, 9.17) is 15.0 Å². The molecule has 1 saturated heterocycles. The number of hydrogen-bond donors (Lipinski definition) is 2. The molecule has 174 valence electrons. The summed E-state index contributed by atoms with van der Waals surface area (Å²) in [4.78, 5) is 25.8. The molecule has 9 heteroatoms. The Morgan fingerprint density at radius 1 is 0.941 bits per heavy atom. The number of rotatable bonds is 6. The average molecular weight is 456 g/mol. The van der Waals surface area contributed by atoms with Crippen LogP contribution in [-0.4, -0.2) is 55.7 Å². The third-order valence-corrected chi connectivity index (χ3v) is 6.84. The highest BCUT2D eigenvalue weighted by Crippen LogP contribution is 2.35. The molecule has 1 aliphatic heterocycles. The van der Waals surface area contributed by atoms with Crippen molar-refractivity contribution in [3.8, 4) is 0 Å². The van der Waals surface area contributed by atoms with E-state index in [1.54, 1.807) is 12.4 Å². The summed E-state index contributed by atoms with van der Waals surface area (Å²) in [6, 6.07) is 8.35. The molecule has 6 rings (SSSR count). The van der Waals surface area contributed by atoms with Gasteiger partial charge in [0.25, 0.3) is 0 Å². The molecule has 2 aliphatic rings. The van der Waals surface area contributed by atoms with Gasteiger partial charge in [-0.1, -0.05) is 25.0 Å². The van der Waals surface area contributed by atoms with Gasteiger partial charge in [-0.25, -0.2) is 4.98 Å². The summed E-state index contributed by atoms with van der Waals surface area (Å²) in [6.07, 6.45) is 14.2. The minimum absolute atomic E-state index is 0.159. The van der Waals surface area contributed by atoms with Gasteiger partial charge in [0.2, 0.25) is 5.95 Å². The molecule has 2 fully saturated rings. The smallest absolute Gasteiger partial charge is 0.229 e. The molecular formula is C25H29N9. The zero-order valence-electron chi connectivity index (χ0n) is 19.1. The van der Waals surface area contributed by atoms with Gasteiger partial charge in [0, 0.05) is 57.0 Å². The molecule has 5 heterocycles. The lowest BCUT2D eigenvalue weighted by atomic mass is 10.0. The Morgan fingerprint density at radius 2 is 1.65 bits per heavy atom. The van der Waals surface area contributed by atoms with Gasteiger partial charge in [-0.15, -0.1) is 0 Å². The first-order chi connectivity index (χ1) is 16.9. The number of imidazole rings is 1. The van der Waals surface area contributed by atoms with Crippen LogP contribution in [0.25, 0.3) is 11.2 Å². The maximum absolute atomic E-state index is 5.04. The molecule has 1 aliphatic carbocycles. The van der Waals surface area contributed by atoms with Crippen molar-refractivity contribution in [3.63, 3.8) is 0 Å². The first kappa shape index (κ1) is 21.0. The second kappa shape index (κ2) is 9.34. The Balaban J connectivity index is 1.46. The zero-order chi connectivity index (χ0) is 22.7. The van der Waals surface area contributed by atoms with E-state index in [2.05, 4.69) is 42.2 Å². The van der Waals surface area contributed by atoms with Crippen LogP contribution in [-0.2, 0) is 0 Å². The minimum Gasteiger partial charge on any atom is -0.357 e. The topological polar surface area (TPSA) is 96.7 Å². The van der Waals surface area contributed by atoms with E-state index < -0.39 is 0 Å². The van der Waals surface area contributed by atoms with Crippen molar-refractivity contribution < 1.29 is 0 Å². The maximum atomic E-state index is 5.04. The summed E-state index contributed by atoms with van der Waals surface area (Å²) in [5.41, 5.74) is 3.81. The lowest BCUT2D eigenvalue weighted by molar-refractivity contribution is 0.528. The molecule has 0 radical (unpaired) electrons. The molecule has 34 heavy (non-hydrogen) atoms. The average Bonchev–Trinajstić information content (AvgIpc) is 3.59. The monoisotopic (exact) mass is 455 g/mol. The molecule has 0 aromatic carbocycles. The highest BCUT2D eigenvalue weighted by atomic mass is 15.3. The standard InChI is InChI=1S/C25H29N9/c1-2-8-20(7-1)34-17-29-22-23(31-25(32-24(22)34)33-13-11-26-12-14-33)30-21(18-5-3-9-27-15-18)19-6-4-10-28-16-19/h3-6,9-10,15-17,20-21,26H,1-2,7-8,11-14H2,(H,30,31,32). The molecule has 0 spiro atoms. The number of nitrogens with zero attached hydrogens (tertiary/aromatic N) is 7. The number of piperazine rings is 1. The van der Waals surface area contributed by atoms with E-state index in [1.807, 2.05) is 30.9 Å². The Kier molecular flexibility index (Phi) is 5.76. The molecule has 2 N–H and O–H groups in total. The van der Waals surface area contributed by atoms with Gasteiger partial charge in [-0.05, 0) is 36.1 Å². The predicted octanol–water partition coefficient (Wildman–Crippen LogP) is 3.34. The van der Waals surface area contributed by atoms with E-state index in [1.165, 1.54) is 25.7 Å². The maximum Gasteiger partial charge on any atom is 0.229 e. The van der Waals surface area contributed by atoms with Crippen LogP contribution < -0.4 is 15.5 Å². The van der Waals surface area contributed by atoms with Gasteiger partial charge in [0.15, 0.2) is 17.0 Å². The van der Waals surface area contributed by atoms with Crippen LogP contribution in [0, 0.1) is 0 Å². The fourth-order valence-corrected chi connectivity index (χ4v) is 5.05. The summed E-state index contributed by atoms with van der Waals surface area (Å²) in [7, 11) is 0. The van der Waals surface area contributed by atoms with E-state index in [0.29, 0.717) is 6.04 Å². The van der Waals surface area contributed by atoms with Crippen molar-refractivity contribution in [1.29, 1.82) is 0 Å². The Morgan fingerprint density at radius 3 is 2.29 bits per heavy atom. The number of nitrogens with one attached hydrogen (secondary N) is 2. The lowest BCUT2D eigenvalue weighted by Crippen LogP contribution is -2.44. The van der Waals surface area contributed by atoms with Gasteiger partial charge in [0.1, 0.15) is 0 Å². The fourth-order valence-electron chi connectivity index (χ4n) is 5.05. The minimum atomic E-state index is -0.159. The number of anilines is 2. The first-order valence-electron chi connectivity index (χ1n) is 12.1. The molecule has 4 aromatic heterocycles. The lowest BCUT2D eigenvalue weighted by Gasteiger charge is -2.28. The molecule has 0 atom stereocenters. The summed E-state index contributed by atoms with van der Waals surface area (Å²) in [5, 5.41) is 7.11. The van der Waals surface area contributed by atoms with Gasteiger partial charge in [0.05, 0.1) is 12.4 Å². The van der Waals surface area contributed by atoms with Crippen LogP contribution in [0.3, 0.4) is 0 Å². The number of pyridine rings is 2. The van der Waals surface area contributed by atoms with E-state index >= 15 is 0 Å². The highest BCUT2D eigenvalue weighted by Gasteiger charge is 2.25. The number of aromatic nitrogens is 6. The number of hydrogen-bond acceptors (Lipinski definition) is 8. The molecule has 0 unspecified atom stereocenters. The van der Waals surface area contributed by atoms with Crippen LogP contribution in [0.5, 0.6) is 0 Å². The van der Waals surface area contributed by atoms with Crippen LogP contribution in [0.1, 0.15) is 48.9 Å². The summed E-state index contributed by atoms with van der Waals surface area (Å²) >= 11 is 0. The quantitative estimate of drug-likeness (QED) is 0.457. The Labute approximate surface area is 198 Å². The molecular weight excluding hydrogens is 426 g/mol. The SMILES string of the molecule is c1cncc(C(Nc2nc(N3CCNCC3)nc3c2ncn3C2CCCC2)c2cccnc2)c1. The van der Waals surface area contributed by atoms with Gasteiger partial charge < -0.3 is 20.1 Å². The third-order valence-electron chi connectivity index (χ3n) is 6.84. The molecule has 0 amide bonds. The van der Waals surface area contributed by atoms with Crippen LogP contribution in [0.15, 0.2) is 55.4 Å². The second-order valence-electron chi connectivity index (χ2n) is 9.02. The normalized spacial score (nSPS) is 17.0. The summed E-state index contributed by atoms with van der Waals surface area (Å²) in [6.45, 7) is 3.63. The van der Waals surface area contributed by atoms with Gasteiger partial charge in [-0.3, -0.25) is 9.97 Å². The molecule has 0 bridgehead atoms. The van der Waals surface area contributed by atoms with Crippen molar-refractivity contribution in [2.75, 3.05) is 36.4 Å². The molecule has 9 nitrogen and oxygen atoms in total. The van der Waals surface area contributed by atoms with E-state index in [-0.39, 0.29) is 6.04 Å². The predicted molar refractivity (Wildman–Crippen MR) is 132 cm³/mol. The Bertz CT molecular complexity index is 1190. The third kappa shape index (κ3) is 4.07. The van der Waals surface area contributed by atoms with E-state index in [0.717, 1.165) is 60.2 Å². The van der Waals surface area contributed by atoms with Crippen molar-refractivity contribution in [2.24, 2.45) is 0 Å². The van der Waals surface area contributed by atoms with Crippen LogP contribution >= 0.6 is 0 Å². The summed E-state index contributed by atoms with van der Waals surface area (Å²) in [5.74, 6) is 1.50. The van der Waals surface area contributed by atoms with Crippen molar-refractivity contribution in [1.82, 2.24) is 34.8 Å². The summed E-state index contributed by atoms with van der Waals surface area (Å²) < 4.78 is 2.27. The molecule has 4 aromatic rings. The second-order valence-corrected chi connectivity index (χ2v) is 9.02.